The molecule has 0 aliphatic rings. The van der Waals surface area contributed by atoms with Gasteiger partial charge in [-0.15, -0.1) is 11.3 Å². The van der Waals surface area contributed by atoms with Crippen LogP contribution in [0.3, 0.4) is 0 Å². The zero-order chi connectivity index (χ0) is 14.3. The van der Waals surface area contributed by atoms with Gasteiger partial charge in [-0.3, -0.25) is 4.90 Å². The van der Waals surface area contributed by atoms with E-state index in [1.54, 1.807) is 17.4 Å². The van der Waals surface area contributed by atoms with Crippen molar-refractivity contribution in [1.82, 2.24) is 4.90 Å². The second-order valence-corrected chi connectivity index (χ2v) is 5.49. The molecule has 0 aliphatic carbocycles. The molecule has 0 aliphatic heterocycles. The van der Waals surface area contributed by atoms with E-state index in [-0.39, 0.29) is 0 Å². The molecule has 1 heterocycles. The maximum Gasteiger partial charge on any atom is 0.328 e. The van der Waals surface area contributed by atoms with Gasteiger partial charge in [-0.2, -0.15) is 5.26 Å². The Bertz CT molecular complexity index is 486. The van der Waals surface area contributed by atoms with Crippen LogP contribution >= 0.6 is 11.3 Å². The second-order valence-electron chi connectivity index (χ2n) is 4.49. The lowest BCUT2D eigenvalue weighted by Crippen LogP contribution is -2.30. The van der Waals surface area contributed by atoms with Gasteiger partial charge in [-0.1, -0.05) is 0 Å². The molecule has 0 saturated carbocycles. The van der Waals surface area contributed by atoms with Crippen molar-refractivity contribution in [3.63, 3.8) is 0 Å². The molecule has 102 valence electrons. The van der Waals surface area contributed by atoms with Gasteiger partial charge in [0.1, 0.15) is 0 Å². The van der Waals surface area contributed by atoms with Crippen LogP contribution in [0.15, 0.2) is 17.5 Å². The molecule has 0 saturated heterocycles. The molecule has 0 fully saturated rings. The fourth-order valence-corrected chi connectivity index (χ4v) is 2.53. The first-order valence-corrected chi connectivity index (χ1v) is 7.00. The molecule has 1 rings (SSSR count). The molecule has 0 aromatic carbocycles. The van der Waals surface area contributed by atoms with E-state index in [0.717, 1.165) is 24.7 Å². The smallest absolute Gasteiger partial charge is 0.328 e. The summed E-state index contributed by atoms with van der Waals surface area (Å²) < 4.78 is 0. The van der Waals surface area contributed by atoms with Crippen LogP contribution in [0.25, 0.3) is 6.08 Å². The Balaban J connectivity index is 2.65. The summed E-state index contributed by atoms with van der Waals surface area (Å²) in [6.45, 7) is 5.77. The van der Waals surface area contributed by atoms with Crippen molar-refractivity contribution >= 4 is 23.4 Å². The van der Waals surface area contributed by atoms with Gasteiger partial charge in [0, 0.05) is 36.5 Å². The SMILES string of the molecule is CC(C)N(CCC#N)Cc1cc(C=CC(=O)O)cs1. The molecule has 1 N–H and O–H groups in total. The van der Waals surface area contributed by atoms with Crippen LogP contribution in [0.1, 0.15) is 30.7 Å². The minimum atomic E-state index is -0.939. The van der Waals surface area contributed by atoms with Crippen LogP contribution in [0.5, 0.6) is 0 Å². The zero-order valence-corrected chi connectivity index (χ0v) is 12.0. The molecule has 0 atom stereocenters. The fourth-order valence-electron chi connectivity index (χ4n) is 1.65. The fraction of sp³-hybridized carbons (Fsp3) is 0.429. The Morgan fingerprint density at radius 1 is 1.63 bits per heavy atom. The van der Waals surface area contributed by atoms with Gasteiger partial charge in [0.15, 0.2) is 0 Å². The third kappa shape index (κ3) is 5.69. The molecule has 5 heteroatoms. The molecule has 0 unspecified atom stereocenters. The first-order chi connectivity index (χ1) is 9.02. The summed E-state index contributed by atoms with van der Waals surface area (Å²) in [6, 6.07) is 4.54. The Hall–Kier alpha value is -1.64. The molecule has 19 heavy (non-hydrogen) atoms. The standard InChI is InChI=1S/C14H18N2O2S/c1-11(2)16(7-3-6-15)9-13-8-12(10-19-13)4-5-14(17)18/h4-5,8,10-11H,3,7,9H2,1-2H3,(H,17,18). The number of nitriles is 1. The predicted molar refractivity (Wildman–Crippen MR) is 76.8 cm³/mol. The monoisotopic (exact) mass is 278 g/mol. The largest absolute Gasteiger partial charge is 0.478 e. The molecular weight excluding hydrogens is 260 g/mol. The quantitative estimate of drug-likeness (QED) is 0.779. The molecule has 0 radical (unpaired) electrons. The van der Waals surface area contributed by atoms with E-state index in [1.165, 1.54) is 4.88 Å². The van der Waals surface area contributed by atoms with Gasteiger partial charge < -0.3 is 5.11 Å². The lowest BCUT2D eigenvalue weighted by molar-refractivity contribution is -0.131. The Kier molecular flexibility index (Phi) is 6.26. The van der Waals surface area contributed by atoms with E-state index < -0.39 is 5.97 Å². The summed E-state index contributed by atoms with van der Waals surface area (Å²) >= 11 is 1.61. The van der Waals surface area contributed by atoms with Crippen molar-refractivity contribution in [1.29, 1.82) is 5.26 Å². The number of carboxylic acids is 1. The Labute approximate surface area is 117 Å². The van der Waals surface area contributed by atoms with Crippen LogP contribution in [0.4, 0.5) is 0 Å². The van der Waals surface area contributed by atoms with E-state index in [0.29, 0.717) is 12.5 Å². The molecule has 1 aromatic rings. The highest BCUT2D eigenvalue weighted by Crippen LogP contribution is 2.19. The summed E-state index contributed by atoms with van der Waals surface area (Å²) in [5.41, 5.74) is 0.909. The number of thiophene rings is 1. The van der Waals surface area contributed by atoms with Crippen molar-refractivity contribution in [3.05, 3.63) is 28.0 Å². The second kappa shape index (κ2) is 7.72. The van der Waals surface area contributed by atoms with Crippen molar-refractivity contribution in [2.45, 2.75) is 32.9 Å². The first-order valence-electron chi connectivity index (χ1n) is 6.12. The van der Waals surface area contributed by atoms with Crippen LogP contribution < -0.4 is 0 Å². The molecule has 0 amide bonds. The van der Waals surface area contributed by atoms with Crippen molar-refractivity contribution < 1.29 is 9.90 Å². The highest BCUT2D eigenvalue weighted by molar-refractivity contribution is 7.10. The van der Waals surface area contributed by atoms with E-state index in [4.69, 9.17) is 10.4 Å². The topological polar surface area (TPSA) is 64.3 Å². The van der Waals surface area contributed by atoms with Gasteiger partial charge in [-0.05, 0) is 36.9 Å². The number of rotatable bonds is 7. The molecule has 4 nitrogen and oxygen atoms in total. The molecule has 1 aromatic heterocycles. The van der Waals surface area contributed by atoms with Crippen LogP contribution in [0, 0.1) is 11.3 Å². The van der Waals surface area contributed by atoms with Gasteiger partial charge in [-0.25, -0.2) is 4.79 Å². The van der Waals surface area contributed by atoms with E-state index in [2.05, 4.69) is 24.8 Å². The average Bonchev–Trinajstić information content (AvgIpc) is 2.79. The minimum absolute atomic E-state index is 0.383. The third-order valence-corrected chi connectivity index (χ3v) is 3.63. The Morgan fingerprint density at radius 2 is 2.37 bits per heavy atom. The third-order valence-electron chi connectivity index (χ3n) is 2.69. The molecular formula is C14H18N2O2S. The summed E-state index contributed by atoms with van der Waals surface area (Å²) in [6.07, 6.45) is 3.26. The molecule has 0 bridgehead atoms. The number of carboxylic acid groups (broad SMARTS) is 1. The van der Waals surface area contributed by atoms with Crippen LogP contribution in [-0.4, -0.2) is 28.6 Å². The highest BCUT2D eigenvalue weighted by atomic mass is 32.1. The zero-order valence-electron chi connectivity index (χ0n) is 11.2. The summed E-state index contributed by atoms with van der Waals surface area (Å²) in [5, 5.41) is 19.2. The number of carbonyl (C=O) groups is 1. The minimum Gasteiger partial charge on any atom is -0.478 e. The number of hydrogen-bond acceptors (Lipinski definition) is 4. The van der Waals surface area contributed by atoms with E-state index >= 15 is 0 Å². The van der Waals surface area contributed by atoms with E-state index in [9.17, 15) is 4.79 Å². The predicted octanol–water partition coefficient (Wildman–Crippen LogP) is 2.97. The average molecular weight is 278 g/mol. The maximum absolute atomic E-state index is 10.4. The van der Waals surface area contributed by atoms with Crippen molar-refractivity contribution in [2.75, 3.05) is 6.54 Å². The van der Waals surface area contributed by atoms with Crippen molar-refractivity contribution in [3.8, 4) is 6.07 Å². The normalized spacial score (nSPS) is 11.3. The summed E-state index contributed by atoms with van der Waals surface area (Å²) in [7, 11) is 0. The lowest BCUT2D eigenvalue weighted by atomic mass is 10.2. The number of nitrogens with zero attached hydrogens (tertiary/aromatic N) is 2. The Morgan fingerprint density at radius 3 is 2.95 bits per heavy atom. The van der Waals surface area contributed by atoms with Gasteiger partial charge in [0.25, 0.3) is 0 Å². The first kappa shape index (κ1) is 15.4. The van der Waals surface area contributed by atoms with Crippen molar-refractivity contribution in [2.24, 2.45) is 0 Å². The van der Waals surface area contributed by atoms with Gasteiger partial charge >= 0.3 is 5.97 Å². The summed E-state index contributed by atoms with van der Waals surface area (Å²) in [5.74, 6) is -0.939. The van der Waals surface area contributed by atoms with Gasteiger partial charge in [0.05, 0.1) is 6.07 Å². The van der Waals surface area contributed by atoms with E-state index in [1.807, 2.05) is 11.4 Å². The summed E-state index contributed by atoms with van der Waals surface area (Å²) in [4.78, 5) is 13.9. The molecule has 0 spiro atoms. The van der Waals surface area contributed by atoms with Crippen LogP contribution in [0.2, 0.25) is 0 Å². The lowest BCUT2D eigenvalue weighted by Gasteiger charge is -2.24. The van der Waals surface area contributed by atoms with Crippen LogP contribution in [-0.2, 0) is 11.3 Å². The highest BCUT2D eigenvalue weighted by Gasteiger charge is 2.10. The van der Waals surface area contributed by atoms with Gasteiger partial charge in [0.2, 0.25) is 0 Å². The number of aliphatic carboxylic acids is 1. The number of hydrogen-bond donors (Lipinski definition) is 1. The maximum atomic E-state index is 10.4.